The molecule has 3 rings (SSSR count). The molecule has 1 aliphatic heterocycles. The van der Waals surface area contributed by atoms with E-state index in [0.29, 0.717) is 18.0 Å². The highest BCUT2D eigenvalue weighted by Crippen LogP contribution is 2.22. The molecule has 1 N–H and O–H groups in total. The van der Waals surface area contributed by atoms with Crippen LogP contribution >= 0.6 is 0 Å². The molecule has 0 spiro atoms. The largest absolute Gasteiger partial charge is 0.427 e. The second kappa shape index (κ2) is 5.48. The molecule has 22 heavy (non-hydrogen) atoms. The first-order valence-electron chi connectivity index (χ1n) is 6.74. The SMILES string of the molecule is [C-]#[N+]c1cccc(S(=O)(=O)Nc2ccc3c(c2)B(C)OC3)c1. The molecule has 0 aliphatic carbocycles. The Labute approximate surface area is 129 Å². The maximum Gasteiger partial charge on any atom is 0.324 e. The minimum atomic E-state index is -3.71. The third kappa shape index (κ3) is 2.71. The Morgan fingerprint density at radius 3 is 2.86 bits per heavy atom. The zero-order chi connectivity index (χ0) is 15.7. The molecule has 110 valence electrons. The highest BCUT2D eigenvalue weighted by atomic mass is 32.2. The Kier molecular flexibility index (Phi) is 3.65. The number of rotatable bonds is 3. The summed E-state index contributed by atoms with van der Waals surface area (Å²) in [6.07, 6.45) is 0. The summed E-state index contributed by atoms with van der Waals surface area (Å²) in [5.74, 6) is 0. The predicted molar refractivity (Wildman–Crippen MR) is 86.0 cm³/mol. The van der Waals surface area contributed by atoms with Gasteiger partial charge in [0.1, 0.15) is 0 Å². The summed E-state index contributed by atoms with van der Waals surface area (Å²) in [7, 11) is -3.71. The van der Waals surface area contributed by atoms with Crippen molar-refractivity contribution < 1.29 is 13.1 Å². The molecule has 0 radical (unpaired) electrons. The third-order valence-corrected chi connectivity index (χ3v) is 4.96. The molecule has 1 heterocycles. The molecule has 0 saturated heterocycles. The first kappa shape index (κ1) is 14.6. The van der Waals surface area contributed by atoms with Gasteiger partial charge in [0, 0.05) is 5.69 Å². The van der Waals surface area contributed by atoms with Crippen LogP contribution in [0.25, 0.3) is 4.85 Å². The maximum atomic E-state index is 12.4. The lowest BCUT2D eigenvalue weighted by Crippen LogP contribution is -2.25. The van der Waals surface area contributed by atoms with E-state index in [-0.39, 0.29) is 11.8 Å². The van der Waals surface area contributed by atoms with Gasteiger partial charge >= 0.3 is 6.92 Å². The van der Waals surface area contributed by atoms with Gasteiger partial charge in [-0.05, 0) is 35.3 Å². The Balaban J connectivity index is 1.92. The third-order valence-electron chi connectivity index (χ3n) is 3.58. The van der Waals surface area contributed by atoms with Crippen LogP contribution < -0.4 is 10.2 Å². The summed E-state index contributed by atoms with van der Waals surface area (Å²) >= 11 is 0. The second-order valence-electron chi connectivity index (χ2n) is 5.08. The van der Waals surface area contributed by atoms with Crippen molar-refractivity contribution in [3.63, 3.8) is 0 Å². The van der Waals surface area contributed by atoms with Gasteiger partial charge in [0.2, 0.25) is 0 Å². The van der Waals surface area contributed by atoms with E-state index in [9.17, 15) is 8.42 Å². The second-order valence-corrected chi connectivity index (χ2v) is 6.76. The van der Waals surface area contributed by atoms with Crippen LogP contribution in [-0.4, -0.2) is 15.3 Å². The zero-order valence-corrected chi connectivity index (χ0v) is 12.7. The van der Waals surface area contributed by atoms with Gasteiger partial charge in [-0.2, -0.15) is 0 Å². The molecule has 5 nitrogen and oxygen atoms in total. The maximum absolute atomic E-state index is 12.4. The first-order chi connectivity index (χ1) is 10.5. The van der Waals surface area contributed by atoms with Crippen LogP contribution in [0.2, 0.25) is 6.82 Å². The van der Waals surface area contributed by atoms with Crippen molar-refractivity contribution in [1.82, 2.24) is 0 Å². The van der Waals surface area contributed by atoms with Crippen molar-refractivity contribution in [2.75, 3.05) is 4.72 Å². The van der Waals surface area contributed by atoms with Crippen molar-refractivity contribution in [2.45, 2.75) is 18.3 Å². The normalized spacial score (nSPS) is 13.5. The molecule has 1 aliphatic rings. The highest BCUT2D eigenvalue weighted by molar-refractivity contribution is 7.92. The Morgan fingerprint density at radius 2 is 2.09 bits per heavy atom. The van der Waals surface area contributed by atoms with Gasteiger partial charge in [0.25, 0.3) is 10.0 Å². The van der Waals surface area contributed by atoms with E-state index in [0.717, 1.165) is 11.0 Å². The fourth-order valence-corrected chi connectivity index (χ4v) is 3.50. The molecule has 0 atom stereocenters. The van der Waals surface area contributed by atoms with Gasteiger partial charge in [-0.3, -0.25) is 4.72 Å². The summed E-state index contributed by atoms with van der Waals surface area (Å²) in [4.78, 5) is 3.32. The number of anilines is 1. The standard InChI is InChI=1S/C15H13BN2O3S/c1-16-15-9-13(7-6-11(15)10-21-16)18-22(19,20)14-5-3-4-12(8-14)17-2/h3-9,18H,10H2,1H3. The molecular weight excluding hydrogens is 299 g/mol. The minimum absolute atomic E-state index is 0.0371. The van der Waals surface area contributed by atoms with Gasteiger partial charge in [-0.25, -0.2) is 13.3 Å². The number of nitrogens with zero attached hydrogens (tertiary/aromatic N) is 1. The molecule has 2 aromatic rings. The van der Waals surface area contributed by atoms with Crippen molar-refractivity contribution in [3.05, 3.63) is 59.4 Å². The average molecular weight is 312 g/mol. The quantitative estimate of drug-likeness (QED) is 0.699. The van der Waals surface area contributed by atoms with Crippen molar-refractivity contribution in [2.24, 2.45) is 0 Å². The van der Waals surface area contributed by atoms with Crippen LogP contribution in [0.15, 0.2) is 47.4 Å². The zero-order valence-electron chi connectivity index (χ0n) is 11.9. The number of sulfonamides is 1. The number of hydrogen-bond acceptors (Lipinski definition) is 3. The van der Waals surface area contributed by atoms with E-state index in [1.54, 1.807) is 24.3 Å². The summed E-state index contributed by atoms with van der Waals surface area (Å²) in [6, 6.07) is 11.3. The molecule has 0 aromatic heterocycles. The van der Waals surface area contributed by atoms with E-state index >= 15 is 0 Å². The Hall–Kier alpha value is -2.30. The first-order valence-corrected chi connectivity index (χ1v) is 8.23. The Bertz CT molecular complexity index is 875. The molecule has 7 heteroatoms. The molecule has 0 bridgehead atoms. The summed E-state index contributed by atoms with van der Waals surface area (Å²) in [5, 5.41) is 0. The van der Waals surface area contributed by atoms with E-state index < -0.39 is 10.0 Å². The number of fused-ring (bicyclic) bond motifs is 1. The van der Waals surface area contributed by atoms with E-state index in [1.807, 2.05) is 12.9 Å². The molecule has 0 saturated carbocycles. The van der Waals surface area contributed by atoms with Gasteiger partial charge in [-0.1, -0.05) is 25.0 Å². The molecule has 2 aromatic carbocycles. The van der Waals surface area contributed by atoms with Crippen LogP contribution in [0, 0.1) is 6.57 Å². The lowest BCUT2D eigenvalue weighted by Gasteiger charge is -2.10. The fourth-order valence-electron chi connectivity index (χ4n) is 2.41. The molecule has 0 fully saturated rings. The minimum Gasteiger partial charge on any atom is -0.427 e. The monoisotopic (exact) mass is 312 g/mol. The van der Waals surface area contributed by atoms with Gasteiger partial charge in [-0.15, -0.1) is 0 Å². The summed E-state index contributed by atoms with van der Waals surface area (Å²) < 4.78 is 32.9. The molecule has 0 amide bonds. The predicted octanol–water partition coefficient (Wildman–Crippen LogP) is 2.40. The summed E-state index contributed by atoms with van der Waals surface area (Å²) in [6.45, 7) is 9.42. The van der Waals surface area contributed by atoms with Gasteiger partial charge in [0.15, 0.2) is 5.69 Å². The number of hydrogen-bond donors (Lipinski definition) is 1. The molecule has 0 unspecified atom stereocenters. The summed E-state index contributed by atoms with van der Waals surface area (Å²) in [5.41, 5.74) is 2.85. The number of nitrogens with one attached hydrogen (secondary N) is 1. The highest BCUT2D eigenvalue weighted by Gasteiger charge is 2.24. The Morgan fingerprint density at radius 1 is 1.27 bits per heavy atom. The smallest absolute Gasteiger partial charge is 0.324 e. The van der Waals surface area contributed by atoms with Gasteiger partial charge in [0.05, 0.1) is 18.1 Å². The van der Waals surface area contributed by atoms with Gasteiger partial charge < -0.3 is 4.65 Å². The lowest BCUT2D eigenvalue weighted by atomic mass is 9.64. The van der Waals surface area contributed by atoms with Crippen LogP contribution in [0.1, 0.15) is 5.56 Å². The van der Waals surface area contributed by atoms with Crippen LogP contribution in [0.3, 0.4) is 0 Å². The van der Waals surface area contributed by atoms with Crippen LogP contribution in [0.4, 0.5) is 11.4 Å². The number of benzene rings is 2. The van der Waals surface area contributed by atoms with Crippen molar-refractivity contribution in [3.8, 4) is 0 Å². The van der Waals surface area contributed by atoms with Crippen LogP contribution in [-0.2, 0) is 21.3 Å². The topological polar surface area (TPSA) is 59.8 Å². The molecular formula is C15H13BN2O3S. The fraction of sp³-hybridized carbons (Fsp3) is 0.133. The van der Waals surface area contributed by atoms with E-state index in [4.69, 9.17) is 11.2 Å². The van der Waals surface area contributed by atoms with Crippen molar-refractivity contribution in [1.29, 1.82) is 0 Å². The van der Waals surface area contributed by atoms with E-state index in [1.165, 1.54) is 12.1 Å². The van der Waals surface area contributed by atoms with Crippen LogP contribution in [0.5, 0.6) is 0 Å². The lowest BCUT2D eigenvalue weighted by molar-refractivity contribution is 0.333. The van der Waals surface area contributed by atoms with E-state index in [2.05, 4.69) is 9.57 Å². The average Bonchev–Trinajstić information content (AvgIpc) is 2.88. The van der Waals surface area contributed by atoms with Crippen molar-refractivity contribution >= 4 is 33.8 Å².